The summed E-state index contributed by atoms with van der Waals surface area (Å²) in [4.78, 5) is 12.4. The average molecular weight is 439 g/mol. The zero-order chi connectivity index (χ0) is 21.6. The summed E-state index contributed by atoms with van der Waals surface area (Å²) >= 11 is 6.18. The molecule has 0 radical (unpaired) electrons. The first kappa shape index (κ1) is 23.0. The van der Waals surface area contributed by atoms with Crippen molar-refractivity contribution in [2.75, 3.05) is 24.2 Å². The third kappa shape index (κ3) is 6.94. The maximum atomic E-state index is 12.4. The third-order valence-corrected chi connectivity index (χ3v) is 5.80. The van der Waals surface area contributed by atoms with Crippen molar-refractivity contribution < 1.29 is 17.9 Å². The minimum Gasteiger partial charge on any atom is -0.491 e. The number of rotatable bonds is 9. The predicted octanol–water partition coefficient (Wildman–Crippen LogP) is 3.89. The van der Waals surface area contributed by atoms with Crippen LogP contribution in [0, 0.1) is 0 Å². The van der Waals surface area contributed by atoms with E-state index in [1.807, 2.05) is 38.1 Å². The number of amides is 1. The molecular formula is C21H27ClN2O4S. The summed E-state index contributed by atoms with van der Waals surface area (Å²) < 4.78 is 30.0. The number of hydrogen-bond acceptors (Lipinski definition) is 4. The first-order valence-electron chi connectivity index (χ1n) is 9.35. The molecule has 0 unspecified atom stereocenters. The molecule has 2 aromatic rings. The minimum absolute atomic E-state index is 0.142. The number of sulfonamides is 1. The second-order valence-electron chi connectivity index (χ2n) is 7.06. The highest BCUT2D eigenvalue weighted by Crippen LogP contribution is 2.24. The van der Waals surface area contributed by atoms with Crippen LogP contribution < -0.4 is 14.4 Å². The molecule has 0 spiro atoms. The predicted molar refractivity (Wildman–Crippen MR) is 118 cm³/mol. The molecular weight excluding hydrogens is 412 g/mol. The van der Waals surface area contributed by atoms with E-state index in [1.54, 1.807) is 6.07 Å². The van der Waals surface area contributed by atoms with E-state index in [4.69, 9.17) is 16.3 Å². The summed E-state index contributed by atoms with van der Waals surface area (Å²) in [7, 11) is -1.96. The second-order valence-corrected chi connectivity index (χ2v) is 9.49. The van der Waals surface area contributed by atoms with Crippen molar-refractivity contribution in [2.45, 2.75) is 32.8 Å². The van der Waals surface area contributed by atoms with Crippen LogP contribution in [0.1, 0.15) is 36.2 Å². The van der Waals surface area contributed by atoms with Crippen LogP contribution in [0.5, 0.6) is 5.75 Å². The summed E-state index contributed by atoms with van der Waals surface area (Å²) in [6, 6.07) is 12.5. The van der Waals surface area contributed by atoms with Crippen LogP contribution in [-0.2, 0) is 16.4 Å². The van der Waals surface area contributed by atoms with Gasteiger partial charge in [0.15, 0.2) is 0 Å². The maximum Gasteiger partial charge on any atom is 0.252 e. The number of anilines is 1. The summed E-state index contributed by atoms with van der Waals surface area (Å²) in [6.07, 6.45) is 2.85. The Bertz CT molecular complexity index is 944. The molecule has 0 aliphatic carbocycles. The highest BCUT2D eigenvalue weighted by atomic mass is 35.5. The van der Waals surface area contributed by atoms with E-state index < -0.39 is 10.0 Å². The Labute approximate surface area is 177 Å². The monoisotopic (exact) mass is 438 g/mol. The number of hydrogen-bond donors (Lipinski definition) is 1. The number of halogens is 1. The lowest BCUT2D eigenvalue weighted by Crippen LogP contribution is -2.26. The van der Waals surface area contributed by atoms with E-state index in [0.29, 0.717) is 17.8 Å². The molecule has 6 nitrogen and oxygen atoms in total. The first-order chi connectivity index (χ1) is 13.6. The molecule has 0 aliphatic heterocycles. The molecule has 0 fully saturated rings. The summed E-state index contributed by atoms with van der Waals surface area (Å²) in [5.41, 5.74) is 1.88. The van der Waals surface area contributed by atoms with Crippen molar-refractivity contribution >= 4 is 33.2 Å². The van der Waals surface area contributed by atoms with E-state index in [-0.39, 0.29) is 17.0 Å². The van der Waals surface area contributed by atoms with Gasteiger partial charge in [-0.1, -0.05) is 23.7 Å². The lowest BCUT2D eigenvalue weighted by molar-refractivity contribution is 0.0953. The molecule has 0 saturated heterocycles. The first-order valence-corrected chi connectivity index (χ1v) is 11.6. The minimum atomic E-state index is -3.39. The van der Waals surface area contributed by atoms with Crippen molar-refractivity contribution in [3.63, 3.8) is 0 Å². The van der Waals surface area contributed by atoms with Gasteiger partial charge in [-0.25, -0.2) is 8.42 Å². The van der Waals surface area contributed by atoms with E-state index in [1.165, 1.54) is 24.7 Å². The highest BCUT2D eigenvalue weighted by molar-refractivity contribution is 7.92. The fraction of sp³-hybridized carbons (Fsp3) is 0.381. The molecule has 0 heterocycles. The van der Waals surface area contributed by atoms with Crippen molar-refractivity contribution in [3.05, 3.63) is 58.6 Å². The third-order valence-electron chi connectivity index (χ3n) is 4.28. The normalized spacial score (nSPS) is 11.4. The molecule has 8 heteroatoms. The Hall–Kier alpha value is -2.25. The van der Waals surface area contributed by atoms with E-state index in [0.717, 1.165) is 29.2 Å². The molecule has 0 aliphatic rings. The van der Waals surface area contributed by atoms with Crippen molar-refractivity contribution in [1.29, 1.82) is 0 Å². The Balaban J connectivity index is 1.86. The molecule has 0 atom stereocenters. The second kappa shape index (κ2) is 9.98. The number of ether oxygens (including phenoxy) is 1. The van der Waals surface area contributed by atoms with Crippen LogP contribution in [0.2, 0.25) is 5.02 Å². The van der Waals surface area contributed by atoms with Crippen molar-refractivity contribution in [2.24, 2.45) is 0 Å². The van der Waals surface area contributed by atoms with Crippen molar-refractivity contribution in [1.82, 2.24) is 5.32 Å². The van der Waals surface area contributed by atoms with Gasteiger partial charge in [0.25, 0.3) is 5.91 Å². The smallest absolute Gasteiger partial charge is 0.252 e. The SMILES string of the molecule is CC(C)Oc1ccc(CCCNC(=O)c2ccc(N(C)S(C)(=O)=O)cc2Cl)cc1. The molecule has 0 saturated carbocycles. The Kier molecular flexibility index (Phi) is 7.93. The van der Waals surface area contributed by atoms with Gasteiger partial charge >= 0.3 is 0 Å². The summed E-state index contributed by atoms with van der Waals surface area (Å²) in [5, 5.41) is 3.05. The van der Waals surface area contributed by atoms with Gasteiger partial charge in [-0.2, -0.15) is 0 Å². The zero-order valence-electron chi connectivity index (χ0n) is 17.1. The summed E-state index contributed by atoms with van der Waals surface area (Å²) in [5.74, 6) is 0.556. The van der Waals surface area contributed by atoms with Crippen LogP contribution in [0.3, 0.4) is 0 Å². The molecule has 29 heavy (non-hydrogen) atoms. The summed E-state index contributed by atoms with van der Waals surface area (Å²) in [6.45, 7) is 4.48. The van der Waals surface area contributed by atoms with Gasteiger partial charge in [0.05, 0.1) is 28.6 Å². The van der Waals surface area contributed by atoms with E-state index >= 15 is 0 Å². The Morgan fingerprint density at radius 2 is 1.83 bits per heavy atom. The number of benzene rings is 2. The van der Waals surface area contributed by atoms with Gasteiger partial charge in [-0.05, 0) is 62.6 Å². The largest absolute Gasteiger partial charge is 0.491 e. The van der Waals surface area contributed by atoms with Gasteiger partial charge in [0.2, 0.25) is 10.0 Å². The van der Waals surface area contributed by atoms with Gasteiger partial charge in [0.1, 0.15) is 5.75 Å². The number of nitrogens with zero attached hydrogens (tertiary/aromatic N) is 1. The lowest BCUT2D eigenvalue weighted by atomic mass is 10.1. The van der Waals surface area contributed by atoms with Crippen molar-refractivity contribution in [3.8, 4) is 5.75 Å². The maximum absolute atomic E-state index is 12.4. The van der Waals surface area contributed by atoms with Crippen LogP contribution in [-0.4, -0.2) is 40.3 Å². The highest BCUT2D eigenvalue weighted by Gasteiger charge is 2.16. The number of carbonyl (C=O) groups is 1. The quantitative estimate of drug-likeness (QED) is 0.602. The topological polar surface area (TPSA) is 75.7 Å². The number of carbonyl (C=O) groups excluding carboxylic acids is 1. The molecule has 1 N–H and O–H groups in total. The van der Waals surface area contributed by atoms with E-state index in [9.17, 15) is 13.2 Å². The van der Waals surface area contributed by atoms with Crippen LogP contribution in [0.15, 0.2) is 42.5 Å². The molecule has 0 bridgehead atoms. The fourth-order valence-corrected chi connectivity index (χ4v) is 3.43. The van der Waals surface area contributed by atoms with Crippen LogP contribution in [0.25, 0.3) is 0 Å². The molecule has 2 aromatic carbocycles. The van der Waals surface area contributed by atoms with Crippen LogP contribution in [0.4, 0.5) is 5.69 Å². The molecule has 158 valence electrons. The molecule has 0 aromatic heterocycles. The standard InChI is InChI=1S/C21H27ClN2O4S/c1-15(2)28-18-10-7-16(8-11-18)6-5-13-23-21(25)19-12-9-17(14-20(19)22)24(3)29(4,26)27/h7-12,14-15H,5-6,13H2,1-4H3,(H,23,25). The fourth-order valence-electron chi connectivity index (χ4n) is 2.67. The number of nitrogens with one attached hydrogen (secondary N) is 1. The number of aryl methyl sites for hydroxylation is 1. The zero-order valence-corrected chi connectivity index (χ0v) is 18.7. The Morgan fingerprint density at radius 3 is 2.38 bits per heavy atom. The Morgan fingerprint density at radius 1 is 1.17 bits per heavy atom. The van der Waals surface area contributed by atoms with Gasteiger partial charge in [-0.3, -0.25) is 9.10 Å². The van der Waals surface area contributed by atoms with E-state index in [2.05, 4.69) is 5.32 Å². The molecule has 2 rings (SSSR count). The average Bonchev–Trinajstić information content (AvgIpc) is 2.64. The van der Waals surface area contributed by atoms with Gasteiger partial charge in [0, 0.05) is 13.6 Å². The van der Waals surface area contributed by atoms with Crippen LogP contribution >= 0.6 is 11.6 Å². The molecule has 1 amide bonds. The van der Waals surface area contributed by atoms with Gasteiger partial charge < -0.3 is 10.1 Å². The lowest BCUT2D eigenvalue weighted by Gasteiger charge is -2.17. The van der Waals surface area contributed by atoms with Gasteiger partial charge in [-0.15, -0.1) is 0 Å².